The zero-order valence-electron chi connectivity index (χ0n) is 14.4. The molecule has 9 heteroatoms. The van der Waals surface area contributed by atoms with Crippen LogP contribution in [0, 0.1) is 5.92 Å². The van der Waals surface area contributed by atoms with Crippen molar-refractivity contribution in [3.8, 4) is 0 Å². The number of benzene rings is 1. The maximum absolute atomic E-state index is 12.4. The van der Waals surface area contributed by atoms with Gasteiger partial charge in [0, 0.05) is 6.04 Å². The van der Waals surface area contributed by atoms with E-state index < -0.39 is 34.4 Å². The maximum atomic E-state index is 12.4. The van der Waals surface area contributed by atoms with Crippen molar-refractivity contribution in [3.63, 3.8) is 0 Å². The number of sulfonamides is 1. The minimum atomic E-state index is -4.07. The SMILES string of the molecule is C[C@H]1CCCC[C@@H]1NC(=O)NC(=O)CN1C(=O)c2ccccc2S1(=O)=O. The number of amides is 4. The fourth-order valence-corrected chi connectivity index (χ4v) is 4.94. The topological polar surface area (TPSA) is 113 Å². The molecule has 2 atom stereocenters. The van der Waals surface area contributed by atoms with Crippen LogP contribution >= 0.6 is 0 Å². The van der Waals surface area contributed by atoms with Crippen LogP contribution in [0.2, 0.25) is 0 Å². The van der Waals surface area contributed by atoms with Crippen molar-refractivity contribution in [2.24, 2.45) is 5.92 Å². The molecular formula is C17H21N3O5S. The lowest BCUT2D eigenvalue weighted by Crippen LogP contribution is -2.50. The molecule has 1 fully saturated rings. The summed E-state index contributed by atoms with van der Waals surface area (Å²) in [6, 6.07) is 5.08. The van der Waals surface area contributed by atoms with Crippen LogP contribution in [0.5, 0.6) is 0 Å². The van der Waals surface area contributed by atoms with Crippen molar-refractivity contribution in [1.29, 1.82) is 0 Å². The summed E-state index contributed by atoms with van der Waals surface area (Å²) in [5.74, 6) is -1.30. The van der Waals surface area contributed by atoms with Crippen LogP contribution in [-0.4, -0.2) is 43.2 Å². The standard InChI is InChI=1S/C17H21N3O5S/c1-11-6-2-4-8-13(11)18-17(23)19-15(21)10-20-16(22)12-7-3-5-9-14(12)26(20,24)25/h3,5,7,9,11,13H,2,4,6,8,10H2,1H3,(H2,18,19,21,23)/t11-,13-/m0/s1. The minimum absolute atomic E-state index is 0.0158. The molecule has 3 rings (SSSR count). The van der Waals surface area contributed by atoms with Crippen LogP contribution in [0.15, 0.2) is 29.2 Å². The van der Waals surface area contributed by atoms with Crippen LogP contribution in [0.25, 0.3) is 0 Å². The van der Waals surface area contributed by atoms with Crippen molar-refractivity contribution >= 4 is 27.9 Å². The van der Waals surface area contributed by atoms with Gasteiger partial charge in [-0.15, -0.1) is 0 Å². The Kier molecular flexibility index (Phi) is 4.99. The van der Waals surface area contributed by atoms with E-state index in [1.807, 2.05) is 6.92 Å². The van der Waals surface area contributed by atoms with Gasteiger partial charge in [0.05, 0.1) is 5.56 Å². The van der Waals surface area contributed by atoms with Crippen molar-refractivity contribution in [3.05, 3.63) is 29.8 Å². The molecule has 8 nitrogen and oxygen atoms in total. The number of fused-ring (bicyclic) bond motifs is 1. The van der Waals surface area contributed by atoms with Gasteiger partial charge in [-0.25, -0.2) is 17.5 Å². The molecule has 1 aliphatic heterocycles. The smallest absolute Gasteiger partial charge is 0.321 e. The lowest BCUT2D eigenvalue weighted by atomic mass is 9.86. The van der Waals surface area contributed by atoms with Crippen LogP contribution in [0.1, 0.15) is 43.0 Å². The normalized spacial score (nSPS) is 24.0. The molecule has 0 spiro atoms. The quantitative estimate of drug-likeness (QED) is 0.820. The Morgan fingerprint density at radius 3 is 2.58 bits per heavy atom. The summed E-state index contributed by atoms with van der Waals surface area (Å²) in [6.45, 7) is 1.31. The highest BCUT2D eigenvalue weighted by atomic mass is 32.2. The number of nitrogens with zero attached hydrogens (tertiary/aromatic N) is 1. The third kappa shape index (κ3) is 3.44. The van der Waals surface area contributed by atoms with E-state index in [1.54, 1.807) is 6.07 Å². The van der Waals surface area contributed by atoms with E-state index in [0.29, 0.717) is 10.2 Å². The molecule has 4 amide bonds. The second kappa shape index (κ2) is 7.06. The summed E-state index contributed by atoms with van der Waals surface area (Å²) < 4.78 is 25.3. The highest BCUT2D eigenvalue weighted by molar-refractivity contribution is 7.90. The second-order valence-corrected chi connectivity index (χ2v) is 8.53. The fraction of sp³-hybridized carbons (Fsp3) is 0.471. The highest BCUT2D eigenvalue weighted by Crippen LogP contribution is 2.29. The van der Waals surface area contributed by atoms with Gasteiger partial charge >= 0.3 is 6.03 Å². The average molecular weight is 379 g/mol. The predicted octanol–water partition coefficient (Wildman–Crippen LogP) is 1.24. The molecule has 26 heavy (non-hydrogen) atoms. The van der Waals surface area contributed by atoms with Gasteiger partial charge in [0.25, 0.3) is 15.9 Å². The largest absolute Gasteiger partial charge is 0.335 e. The van der Waals surface area contributed by atoms with Crippen molar-refractivity contribution in [1.82, 2.24) is 14.9 Å². The molecule has 1 saturated carbocycles. The molecule has 140 valence electrons. The van der Waals surface area contributed by atoms with Crippen molar-refractivity contribution in [2.75, 3.05) is 6.54 Å². The summed E-state index contributed by atoms with van der Waals surface area (Å²) in [5, 5.41) is 4.86. The average Bonchev–Trinajstić information content (AvgIpc) is 2.78. The number of carbonyl (C=O) groups excluding carboxylic acids is 3. The number of nitrogens with one attached hydrogen (secondary N) is 2. The van der Waals surface area contributed by atoms with Gasteiger partial charge in [-0.1, -0.05) is 31.9 Å². The maximum Gasteiger partial charge on any atom is 0.321 e. The Bertz CT molecular complexity index is 852. The third-order valence-electron chi connectivity index (χ3n) is 4.88. The fourth-order valence-electron chi connectivity index (χ4n) is 3.42. The number of rotatable bonds is 3. The summed E-state index contributed by atoms with van der Waals surface area (Å²) in [7, 11) is -4.07. The first-order valence-electron chi connectivity index (χ1n) is 8.57. The molecule has 1 aromatic rings. The lowest BCUT2D eigenvalue weighted by molar-refractivity contribution is -0.120. The van der Waals surface area contributed by atoms with Crippen LogP contribution in [0.3, 0.4) is 0 Å². The molecule has 2 N–H and O–H groups in total. The van der Waals surface area contributed by atoms with Gasteiger partial charge in [-0.2, -0.15) is 0 Å². The van der Waals surface area contributed by atoms with Crippen LogP contribution < -0.4 is 10.6 Å². The summed E-state index contributed by atoms with van der Waals surface area (Å²) in [6.07, 6.45) is 3.99. The molecule has 0 saturated heterocycles. The highest BCUT2D eigenvalue weighted by Gasteiger charge is 2.42. The monoisotopic (exact) mass is 379 g/mol. The molecule has 0 unspecified atom stereocenters. The number of urea groups is 1. The van der Waals surface area contributed by atoms with E-state index in [1.165, 1.54) is 18.2 Å². The Morgan fingerprint density at radius 1 is 1.19 bits per heavy atom. The van der Waals surface area contributed by atoms with E-state index in [-0.39, 0.29) is 16.5 Å². The molecule has 1 heterocycles. The molecule has 2 aliphatic rings. The molecule has 0 aromatic heterocycles. The van der Waals surface area contributed by atoms with Gasteiger partial charge in [0.15, 0.2) is 0 Å². The van der Waals surface area contributed by atoms with E-state index in [9.17, 15) is 22.8 Å². The van der Waals surface area contributed by atoms with Crippen molar-refractivity contribution in [2.45, 2.75) is 43.5 Å². The minimum Gasteiger partial charge on any atom is -0.335 e. The predicted molar refractivity (Wildman–Crippen MR) is 92.8 cm³/mol. The lowest BCUT2D eigenvalue weighted by Gasteiger charge is -2.29. The van der Waals surface area contributed by atoms with Crippen LogP contribution in [0.4, 0.5) is 4.79 Å². The third-order valence-corrected chi connectivity index (χ3v) is 6.67. The zero-order valence-corrected chi connectivity index (χ0v) is 15.2. The van der Waals surface area contributed by atoms with E-state index in [2.05, 4.69) is 10.6 Å². The van der Waals surface area contributed by atoms with Gasteiger partial charge in [0.1, 0.15) is 11.4 Å². The van der Waals surface area contributed by atoms with Crippen LogP contribution in [-0.2, 0) is 14.8 Å². The molecule has 1 aliphatic carbocycles. The Labute approximate surface area is 152 Å². The second-order valence-electron chi connectivity index (χ2n) is 6.70. The molecule has 1 aromatic carbocycles. The van der Waals surface area contributed by atoms with E-state index in [4.69, 9.17) is 0 Å². The molecule has 0 bridgehead atoms. The van der Waals surface area contributed by atoms with Gasteiger partial charge in [0.2, 0.25) is 5.91 Å². The Balaban J connectivity index is 1.62. The first-order chi connectivity index (χ1) is 12.3. The number of imide groups is 1. The first-order valence-corrected chi connectivity index (χ1v) is 10.0. The Hall–Kier alpha value is -2.42. The Morgan fingerprint density at radius 2 is 1.88 bits per heavy atom. The number of hydrogen-bond acceptors (Lipinski definition) is 5. The summed E-state index contributed by atoms with van der Waals surface area (Å²) >= 11 is 0. The zero-order chi connectivity index (χ0) is 18.9. The number of carbonyl (C=O) groups is 3. The van der Waals surface area contributed by atoms with Gasteiger partial charge in [-0.05, 0) is 30.9 Å². The number of hydrogen-bond donors (Lipinski definition) is 2. The summed E-state index contributed by atoms with van der Waals surface area (Å²) in [5.41, 5.74) is 0.0285. The van der Waals surface area contributed by atoms with Gasteiger partial charge < -0.3 is 5.32 Å². The summed E-state index contributed by atoms with van der Waals surface area (Å²) in [4.78, 5) is 36.2. The molecule has 0 radical (unpaired) electrons. The van der Waals surface area contributed by atoms with E-state index >= 15 is 0 Å². The van der Waals surface area contributed by atoms with E-state index in [0.717, 1.165) is 25.7 Å². The van der Waals surface area contributed by atoms with Crippen molar-refractivity contribution < 1.29 is 22.8 Å². The first kappa shape index (κ1) is 18.4. The van der Waals surface area contributed by atoms with Gasteiger partial charge in [-0.3, -0.25) is 14.9 Å². The molecular weight excluding hydrogens is 358 g/mol.